The average molecular weight is 487 g/mol. The fourth-order valence-corrected chi connectivity index (χ4v) is 5.47. The fraction of sp³-hybridized carbons (Fsp3) is 0.375. The Hall–Kier alpha value is -3.57. The number of fused-ring (bicyclic) bond motifs is 1. The van der Waals surface area contributed by atoms with Crippen LogP contribution in [0, 0.1) is 11.6 Å². The number of nitrogens with zero attached hydrogens (tertiary/aromatic N) is 2. The molecule has 2 aromatic rings. The summed E-state index contributed by atoms with van der Waals surface area (Å²) in [6, 6.07) is 2.48. The molecule has 4 atom stereocenters. The lowest BCUT2D eigenvalue weighted by Crippen LogP contribution is -2.59. The van der Waals surface area contributed by atoms with E-state index < -0.39 is 57.9 Å². The third-order valence-corrected chi connectivity index (χ3v) is 7.12. The smallest absolute Gasteiger partial charge is 0.275 e. The molecule has 35 heavy (non-hydrogen) atoms. The number of aliphatic hydroxyl groups excluding tert-OH is 1. The molecule has 0 saturated carbocycles. The van der Waals surface area contributed by atoms with Gasteiger partial charge >= 0.3 is 0 Å². The van der Waals surface area contributed by atoms with E-state index in [1.54, 1.807) is 19.1 Å². The van der Waals surface area contributed by atoms with Gasteiger partial charge in [0.05, 0.1) is 17.3 Å². The maximum atomic E-state index is 14.0. The number of hydrogen-bond acceptors (Lipinski definition) is 6. The molecule has 3 N–H and O–H groups in total. The van der Waals surface area contributed by atoms with E-state index in [4.69, 9.17) is 4.74 Å². The van der Waals surface area contributed by atoms with E-state index in [1.165, 1.54) is 16.6 Å². The van der Waals surface area contributed by atoms with Crippen LogP contribution in [0.1, 0.15) is 51.6 Å². The van der Waals surface area contributed by atoms with Crippen LogP contribution >= 0.6 is 0 Å². The summed E-state index contributed by atoms with van der Waals surface area (Å²) in [6.07, 6.45) is 1.61. The zero-order chi connectivity index (χ0) is 25.2. The topological polar surface area (TPSA) is 121 Å². The number of carbonyl (C=O) groups is 2. The van der Waals surface area contributed by atoms with Crippen LogP contribution in [0.4, 0.5) is 8.78 Å². The molecule has 4 unspecified atom stereocenters. The van der Waals surface area contributed by atoms with E-state index in [9.17, 15) is 33.4 Å². The van der Waals surface area contributed by atoms with Gasteiger partial charge in [0.25, 0.3) is 11.8 Å². The molecule has 1 aromatic carbocycles. The summed E-state index contributed by atoms with van der Waals surface area (Å²) in [4.78, 5) is 41.1. The number of rotatable bonds is 4. The standard InChI is InChI=1S/C24H23F2N3O6/c1-11-3-6-16(35-2)24-8-15(30)18-17(22(33)27-9-12-4-5-13(25)7-14(12)26)20(31)21(32)19(29(18)24)23(34)28(11)10-24/h3-7,11,15-16,30,32H,8-10H2,1-2H3,(H,27,33). The van der Waals surface area contributed by atoms with Crippen LogP contribution in [-0.4, -0.2) is 57.3 Å². The average Bonchev–Trinajstić information content (AvgIpc) is 3.02. The largest absolute Gasteiger partial charge is 0.503 e. The Balaban J connectivity index is 1.66. The first-order valence-corrected chi connectivity index (χ1v) is 11.1. The zero-order valence-electron chi connectivity index (χ0n) is 18.9. The molecule has 184 valence electrons. The molecule has 0 aliphatic carbocycles. The summed E-state index contributed by atoms with van der Waals surface area (Å²) >= 11 is 0. The number of ether oxygens (including phenoxy) is 1. The van der Waals surface area contributed by atoms with Crippen molar-refractivity contribution in [2.24, 2.45) is 0 Å². The van der Waals surface area contributed by atoms with Gasteiger partial charge in [-0.25, -0.2) is 8.78 Å². The molecule has 0 fully saturated rings. The number of aromatic nitrogens is 1. The van der Waals surface area contributed by atoms with Crippen LogP contribution in [0.15, 0.2) is 35.1 Å². The number of halogens is 2. The van der Waals surface area contributed by atoms with Crippen molar-refractivity contribution in [3.05, 3.63) is 74.7 Å². The van der Waals surface area contributed by atoms with Crippen LogP contribution < -0.4 is 10.7 Å². The van der Waals surface area contributed by atoms with Gasteiger partial charge in [0, 0.05) is 44.3 Å². The Morgan fingerprint density at radius 1 is 1.29 bits per heavy atom. The van der Waals surface area contributed by atoms with Gasteiger partial charge in [-0.3, -0.25) is 14.4 Å². The Labute approximate surface area is 198 Å². The van der Waals surface area contributed by atoms with Crippen LogP contribution in [0.5, 0.6) is 5.75 Å². The van der Waals surface area contributed by atoms with Gasteiger partial charge in [-0.1, -0.05) is 18.2 Å². The van der Waals surface area contributed by atoms with Crippen LogP contribution in [0.2, 0.25) is 0 Å². The van der Waals surface area contributed by atoms with E-state index in [1.807, 2.05) is 0 Å². The maximum Gasteiger partial charge on any atom is 0.275 e. The lowest BCUT2D eigenvalue weighted by atomic mass is 9.86. The van der Waals surface area contributed by atoms with Crippen molar-refractivity contribution >= 4 is 11.8 Å². The van der Waals surface area contributed by atoms with Crippen molar-refractivity contribution in [1.29, 1.82) is 0 Å². The first kappa shape index (κ1) is 23.2. The number of hydrogen-bond donors (Lipinski definition) is 3. The number of aliphatic hydroxyl groups is 1. The minimum absolute atomic E-state index is 0.0229. The summed E-state index contributed by atoms with van der Waals surface area (Å²) in [7, 11) is 1.47. The monoisotopic (exact) mass is 487 g/mol. The van der Waals surface area contributed by atoms with Crippen molar-refractivity contribution in [2.75, 3.05) is 13.7 Å². The third-order valence-electron chi connectivity index (χ3n) is 7.12. The van der Waals surface area contributed by atoms with Crippen molar-refractivity contribution in [3.8, 4) is 5.75 Å². The minimum Gasteiger partial charge on any atom is -0.503 e. The normalized spacial score (nSPS) is 26.5. The van der Waals surface area contributed by atoms with E-state index in [-0.39, 0.29) is 42.5 Å². The predicted molar refractivity (Wildman–Crippen MR) is 118 cm³/mol. The SMILES string of the molecule is COC1C=CC(C)N2CC13CC(O)c1c(C(=O)NCc4ccc(F)cc4F)c(=O)c(O)c(n13)C2=O. The Bertz CT molecular complexity index is 1360. The highest BCUT2D eigenvalue weighted by Crippen LogP contribution is 2.50. The number of nitrogens with one attached hydrogen (secondary N) is 1. The summed E-state index contributed by atoms with van der Waals surface area (Å²) in [5.74, 6) is -4.16. The molecular formula is C24H23F2N3O6. The number of pyridine rings is 1. The zero-order valence-corrected chi connectivity index (χ0v) is 18.9. The van der Waals surface area contributed by atoms with Crippen LogP contribution in [0.3, 0.4) is 0 Å². The molecular weight excluding hydrogens is 464 g/mol. The molecule has 0 radical (unpaired) electrons. The van der Waals surface area contributed by atoms with E-state index in [0.29, 0.717) is 6.07 Å². The van der Waals surface area contributed by atoms with Gasteiger partial charge < -0.3 is 29.7 Å². The van der Waals surface area contributed by atoms with Gasteiger partial charge in [0.15, 0.2) is 11.4 Å². The third kappa shape index (κ3) is 3.22. The maximum absolute atomic E-state index is 14.0. The minimum atomic E-state index is -1.32. The second-order valence-corrected chi connectivity index (χ2v) is 9.08. The summed E-state index contributed by atoms with van der Waals surface area (Å²) in [5.41, 5.74) is -3.19. The van der Waals surface area contributed by atoms with E-state index >= 15 is 0 Å². The van der Waals surface area contributed by atoms with Gasteiger partial charge in [0.1, 0.15) is 23.3 Å². The van der Waals surface area contributed by atoms with Crippen molar-refractivity contribution < 1.29 is 33.3 Å². The molecule has 1 spiro atoms. The van der Waals surface area contributed by atoms with Gasteiger partial charge in [-0.15, -0.1) is 0 Å². The number of methoxy groups -OCH3 is 1. The molecule has 4 heterocycles. The number of benzene rings is 1. The summed E-state index contributed by atoms with van der Waals surface area (Å²) in [6.45, 7) is 1.54. The summed E-state index contributed by atoms with van der Waals surface area (Å²) in [5, 5.41) is 24.3. The number of carbonyl (C=O) groups excluding carboxylic acids is 2. The van der Waals surface area contributed by atoms with Crippen molar-refractivity contribution in [2.45, 2.75) is 43.7 Å². The first-order valence-electron chi connectivity index (χ1n) is 11.1. The van der Waals surface area contributed by atoms with Crippen LogP contribution in [0.25, 0.3) is 0 Å². The second kappa shape index (κ2) is 7.99. The lowest BCUT2D eigenvalue weighted by molar-refractivity contribution is -0.0108. The van der Waals surface area contributed by atoms with Gasteiger partial charge in [0.2, 0.25) is 5.43 Å². The Kier molecular flexibility index (Phi) is 5.29. The van der Waals surface area contributed by atoms with E-state index in [0.717, 1.165) is 12.1 Å². The molecule has 11 heteroatoms. The highest BCUT2D eigenvalue weighted by atomic mass is 19.1. The second-order valence-electron chi connectivity index (χ2n) is 9.08. The predicted octanol–water partition coefficient (Wildman–Crippen LogP) is 1.32. The first-order chi connectivity index (χ1) is 16.6. The highest BCUT2D eigenvalue weighted by molar-refractivity contribution is 6.01. The molecule has 3 aliphatic rings. The quantitative estimate of drug-likeness (QED) is 0.560. The molecule has 2 bridgehead atoms. The lowest BCUT2D eigenvalue weighted by Gasteiger charge is -2.45. The summed E-state index contributed by atoms with van der Waals surface area (Å²) < 4.78 is 34.3. The Morgan fingerprint density at radius 2 is 2.03 bits per heavy atom. The molecule has 3 aliphatic heterocycles. The number of amides is 2. The van der Waals surface area contributed by atoms with E-state index in [2.05, 4.69) is 5.32 Å². The fourth-order valence-electron chi connectivity index (χ4n) is 5.47. The van der Waals surface area contributed by atoms with Crippen LogP contribution in [-0.2, 0) is 16.8 Å². The Morgan fingerprint density at radius 3 is 2.71 bits per heavy atom. The van der Waals surface area contributed by atoms with Crippen molar-refractivity contribution in [1.82, 2.24) is 14.8 Å². The van der Waals surface area contributed by atoms with Crippen molar-refractivity contribution in [3.63, 3.8) is 0 Å². The van der Waals surface area contributed by atoms with Gasteiger partial charge in [-0.2, -0.15) is 0 Å². The molecule has 0 saturated heterocycles. The highest BCUT2D eigenvalue weighted by Gasteiger charge is 2.58. The molecule has 2 amide bonds. The molecule has 5 rings (SSSR count). The van der Waals surface area contributed by atoms with Gasteiger partial charge in [-0.05, 0) is 13.0 Å². The molecule has 1 aromatic heterocycles. The number of aromatic hydroxyl groups is 1. The molecule has 9 nitrogen and oxygen atoms in total.